The first-order valence-electron chi connectivity index (χ1n) is 6.08. The van der Waals surface area contributed by atoms with Crippen LogP contribution in [0.1, 0.15) is 13.8 Å². The summed E-state index contributed by atoms with van der Waals surface area (Å²) in [5.41, 5.74) is -0.145. The molecule has 0 amide bonds. The molecular formula is C12H17ClN6O. The Morgan fingerprint density at radius 3 is 2.65 bits per heavy atom. The van der Waals surface area contributed by atoms with Gasteiger partial charge in [-0.05, 0) is 39.5 Å². The maximum atomic E-state index is 5.89. The summed E-state index contributed by atoms with van der Waals surface area (Å²) in [5.74, 6) is 0.375. The molecule has 0 saturated heterocycles. The van der Waals surface area contributed by atoms with Crippen molar-refractivity contribution in [2.24, 2.45) is 0 Å². The number of imidazole rings is 1. The quantitative estimate of drug-likeness (QED) is 0.831. The highest BCUT2D eigenvalue weighted by molar-refractivity contribution is 6.28. The van der Waals surface area contributed by atoms with E-state index in [9.17, 15) is 0 Å². The second-order valence-corrected chi connectivity index (χ2v) is 5.49. The number of halogens is 1. The maximum Gasteiger partial charge on any atom is 0.322 e. The van der Waals surface area contributed by atoms with Crippen LogP contribution in [0, 0.1) is 0 Å². The van der Waals surface area contributed by atoms with E-state index in [0.29, 0.717) is 12.6 Å². The summed E-state index contributed by atoms with van der Waals surface area (Å²) in [6.45, 7) is 4.56. The normalized spacial score (nSPS) is 11.9. The number of hydrogen-bond donors (Lipinski definition) is 0. The number of rotatable bonds is 5. The van der Waals surface area contributed by atoms with Gasteiger partial charge in [0.15, 0.2) is 0 Å². The summed E-state index contributed by atoms with van der Waals surface area (Å²) < 4.78 is 7.27. The standard InChI is InChI=1S/C12H17ClN6O/c1-12(2,18(3)4)7-20-11-16-9(13)15-10(17-11)19-6-5-14-8-19/h5-6,8H,7H2,1-4H3. The number of nitrogens with zero attached hydrogens (tertiary/aromatic N) is 6. The van der Waals surface area contributed by atoms with Gasteiger partial charge in [-0.2, -0.15) is 15.0 Å². The summed E-state index contributed by atoms with van der Waals surface area (Å²) in [6, 6.07) is 0.198. The van der Waals surface area contributed by atoms with Crippen molar-refractivity contribution < 1.29 is 4.74 Å². The third kappa shape index (κ3) is 3.43. The zero-order valence-electron chi connectivity index (χ0n) is 11.9. The molecule has 2 aromatic heterocycles. The average molecular weight is 297 g/mol. The van der Waals surface area contributed by atoms with Crippen LogP contribution < -0.4 is 4.74 Å². The van der Waals surface area contributed by atoms with Crippen molar-refractivity contribution in [3.05, 3.63) is 24.0 Å². The fourth-order valence-electron chi connectivity index (χ4n) is 1.25. The van der Waals surface area contributed by atoms with Crippen LogP contribution in [-0.4, -0.2) is 55.6 Å². The van der Waals surface area contributed by atoms with Crippen LogP contribution in [0.25, 0.3) is 5.95 Å². The Kier molecular flexibility index (Phi) is 4.20. The Bertz CT molecular complexity index is 569. The summed E-state index contributed by atoms with van der Waals surface area (Å²) in [7, 11) is 3.97. The average Bonchev–Trinajstić information content (AvgIpc) is 2.89. The number of ether oxygens (including phenoxy) is 1. The second kappa shape index (κ2) is 5.72. The summed E-state index contributed by atoms with van der Waals surface area (Å²) in [4.78, 5) is 18.2. The molecule has 108 valence electrons. The molecule has 0 aliphatic carbocycles. The minimum Gasteiger partial charge on any atom is -0.461 e. The highest BCUT2D eigenvalue weighted by Gasteiger charge is 2.22. The molecule has 0 aromatic carbocycles. The van der Waals surface area contributed by atoms with Crippen molar-refractivity contribution in [3.63, 3.8) is 0 Å². The van der Waals surface area contributed by atoms with Gasteiger partial charge in [0.25, 0.3) is 0 Å². The largest absolute Gasteiger partial charge is 0.461 e. The lowest BCUT2D eigenvalue weighted by molar-refractivity contribution is 0.107. The monoisotopic (exact) mass is 296 g/mol. The van der Waals surface area contributed by atoms with Gasteiger partial charge < -0.3 is 9.64 Å². The van der Waals surface area contributed by atoms with Gasteiger partial charge in [0.2, 0.25) is 11.2 Å². The lowest BCUT2D eigenvalue weighted by Crippen LogP contribution is -2.43. The molecule has 0 aliphatic heterocycles. The van der Waals surface area contributed by atoms with E-state index in [0.717, 1.165) is 0 Å². The Morgan fingerprint density at radius 1 is 1.30 bits per heavy atom. The molecule has 0 aliphatic rings. The van der Waals surface area contributed by atoms with E-state index in [-0.39, 0.29) is 16.8 Å². The summed E-state index contributed by atoms with van der Waals surface area (Å²) >= 11 is 5.89. The van der Waals surface area contributed by atoms with E-state index in [1.165, 1.54) is 0 Å². The fourth-order valence-corrected chi connectivity index (χ4v) is 1.40. The van der Waals surface area contributed by atoms with Crippen molar-refractivity contribution in [2.75, 3.05) is 20.7 Å². The smallest absolute Gasteiger partial charge is 0.322 e. The second-order valence-electron chi connectivity index (χ2n) is 5.15. The minimum absolute atomic E-state index is 0.0846. The van der Waals surface area contributed by atoms with E-state index >= 15 is 0 Å². The van der Waals surface area contributed by atoms with E-state index in [2.05, 4.69) is 38.7 Å². The van der Waals surface area contributed by atoms with Crippen molar-refractivity contribution in [2.45, 2.75) is 19.4 Å². The molecule has 0 bridgehead atoms. The zero-order chi connectivity index (χ0) is 14.8. The molecule has 20 heavy (non-hydrogen) atoms. The fraction of sp³-hybridized carbons (Fsp3) is 0.500. The third-order valence-electron chi connectivity index (χ3n) is 3.08. The van der Waals surface area contributed by atoms with Crippen LogP contribution in [0.4, 0.5) is 0 Å². The molecule has 2 rings (SSSR count). The number of aromatic nitrogens is 5. The first-order valence-corrected chi connectivity index (χ1v) is 6.46. The van der Waals surface area contributed by atoms with Crippen LogP contribution in [0.15, 0.2) is 18.7 Å². The molecule has 0 atom stereocenters. The van der Waals surface area contributed by atoms with Gasteiger partial charge in [-0.15, -0.1) is 0 Å². The molecule has 0 saturated carbocycles. The van der Waals surface area contributed by atoms with Crippen molar-refractivity contribution in [3.8, 4) is 12.0 Å². The third-order valence-corrected chi connectivity index (χ3v) is 3.25. The first kappa shape index (κ1) is 14.7. The van der Waals surface area contributed by atoms with Crippen LogP contribution in [-0.2, 0) is 0 Å². The van der Waals surface area contributed by atoms with Crippen molar-refractivity contribution in [1.29, 1.82) is 0 Å². The molecule has 0 radical (unpaired) electrons. The molecule has 2 heterocycles. The first-order chi connectivity index (χ1) is 9.38. The van der Waals surface area contributed by atoms with Gasteiger partial charge in [0.05, 0.1) is 0 Å². The van der Waals surface area contributed by atoms with E-state index < -0.39 is 0 Å². The number of likely N-dealkylation sites (N-methyl/N-ethyl adjacent to an activating group) is 1. The van der Waals surface area contributed by atoms with Crippen molar-refractivity contribution >= 4 is 11.6 Å². The predicted octanol–water partition coefficient (Wildman–Crippen LogP) is 1.43. The Balaban J connectivity index is 2.17. The molecule has 7 nitrogen and oxygen atoms in total. The van der Waals surface area contributed by atoms with Gasteiger partial charge in [-0.25, -0.2) is 4.98 Å². The van der Waals surface area contributed by atoms with Gasteiger partial charge in [0, 0.05) is 17.9 Å². The molecule has 8 heteroatoms. The highest BCUT2D eigenvalue weighted by atomic mass is 35.5. The molecule has 0 fully saturated rings. The van der Waals surface area contributed by atoms with Crippen LogP contribution in [0.3, 0.4) is 0 Å². The van der Waals surface area contributed by atoms with E-state index in [1.807, 2.05) is 14.1 Å². The van der Waals surface area contributed by atoms with Crippen LogP contribution in [0.2, 0.25) is 5.28 Å². The van der Waals surface area contributed by atoms with Gasteiger partial charge >= 0.3 is 6.01 Å². The Labute approximate surface area is 122 Å². The lowest BCUT2D eigenvalue weighted by atomic mass is 10.1. The maximum absolute atomic E-state index is 5.89. The zero-order valence-corrected chi connectivity index (χ0v) is 12.7. The topological polar surface area (TPSA) is 69.0 Å². The van der Waals surface area contributed by atoms with E-state index in [1.54, 1.807) is 23.3 Å². The predicted molar refractivity (Wildman–Crippen MR) is 75.2 cm³/mol. The lowest BCUT2D eigenvalue weighted by Gasteiger charge is -2.31. The SMILES string of the molecule is CN(C)C(C)(C)COc1nc(Cl)nc(-n2ccnc2)n1. The van der Waals surface area contributed by atoms with Crippen LogP contribution in [0.5, 0.6) is 6.01 Å². The number of hydrogen-bond acceptors (Lipinski definition) is 6. The van der Waals surface area contributed by atoms with E-state index in [4.69, 9.17) is 16.3 Å². The minimum atomic E-state index is -0.145. The molecule has 2 aromatic rings. The molecule has 0 N–H and O–H groups in total. The Morgan fingerprint density at radius 2 is 2.05 bits per heavy atom. The van der Waals surface area contributed by atoms with Gasteiger partial charge in [-0.3, -0.25) is 4.57 Å². The highest BCUT2D eigenvalue weighted by Crippen LogP contribution is 2.15. The molecule has 0 spiro atoms. The van der Waals surface area contributed by atoms with Crippen molar-refractivity contribution in [1.82, 2.24) is 29.4 Å². The van der Waals surface area contributed by atoms with Crippen LogP contribution >= 0.6 is 11.6 Å². The molecule has 0 unspecified atom stereocenters. The Hall–Kier alpha value is -1.73. The van der Waals surface area contributed by atoms with Gasteiger partial charge in [-0.1, -0.05) is 0 Å². The summed E-state index contributed by atoms with van der Waals surface area (Å²) in [6.07, 6.45) is 4.94. The van der Waals surface area contributed by atoms with Gasteiger partial charge in [0.1, 0.15) is 12.9 Å². The summed E-state index contributed by atoms with van der Waals surface area (Å²) in [5, 5.41) is 0.0846. The molecular weight excluding hydrogens is 280 g/mol.